The highest BCUT2D eigenvalue weighted by atomic mass is 35.5. The lowest BCUT2D eigenvalue weighted by Gasteiger charge is -2.17. The highest BCUT2D eigenvalue weighted by molar-refractivity contribution is 7.09. The Morgan fingerprint density at radius 3 is 3.00 bits per heavy atom. The number of nitrogens with one attached hydrogen (secondary N) is 1. The lowest BCUT2D eigenvalue weighted by atomic mass is 9.98. The molecule has 0 radical (unpaired) electrons. The second-order valence-electron chi connectivity index (χ2n) is 4.32. The minimum Gasteiger partial charge on any atom is -0.312 e. The van der Waals surface area contributed by atoms with E-state index in [9.17, 15) is 0 Å². The van der Waals surface area contributed by atoms with Gasteiger partial charge in [0.2, 0.25) is 0 Å². The fraction of sp³-hybridized carbons (Fsp3) is 0.667. The molecular formula is C12H18ClNS. The van der Waals surface area contributed by atoms with Crippen molar-refractivity contribution < 1.29 is 0 Å². The summed E-state index contributed by atoms with van der Waals surface area (Å²) in [6, 6.07) is 4.30. The van der Waals surface area contributed by atoms with Crippen LogP contribution in [0.5, 0.6) is 0 Å². The fourth-order valence-electron chi connectivity index (χ4n) is 2.38. The van der Waals surface area contributed by atoms with Gasteiger partial charge < -0.3 is 5.32 Å². The summed E-state index contributed by atoms with van der Waals surface area (Å²) in [5.74, 6) is 2.40. The molecule has 1 aromatic heterocycles. The third-order valence-corrected chi connectivity index (χ3v) is 4.57. The first-order valence-corrected chi connectivity index (χ1v) is 7.10. The first-order valence-electron chi connectivity index (χ1n) is 5.69. The monoisotopic (exact) mass is 243 g/mol. The Morgan fingerprint density at radius 2 is 2.27 bits per heavy atom. The fourth-order valence-corrected chi connectivity index (χ4v) is 3.46. The molecule has 15 heavy (non-hydrogen) atoms. The Morgan fingerprint density at radius 1 is 1.40 bits per heavy atom. The van der Waals surface area contributed by atoms with E-state index in [1.54, 1.807) is 0 Å². The molecule has 0 bridgehead atoms. The summed E-state index contributed by atoms with van der Waals surface area (Å²) in [5, 5.41) is 5.68. The Bertz CT molecular complexity index is 273. The number of halogens is 1. The van der Waals surface area contributed by atoms with Crippen molar-refractivity contribution in [2.24, 2.45) is 11.8 Å². The Hall–Kier alpha value is -0.0500. The molecule has 1 fully saturated rings. The number of rotatable bonds is 5. The predicted octanol–water partition coefficient (Wildman–Crippen LogP) is 3.49. The van der Waals surface area contributed by atoms with Crippen molar-refractivity contribution >= 4 is 22.9 Å². The summed E-state index contributed by atoms with van der Waals surface area (Å²) >= 11 is 7.78. The summed E-state index contributed by atoms with van der Waals surface area (Å²) < 4.78 is 0. The molecule has 2 unspecified atom stereocenters. The normalized spacial score (nSPS) is 25.9. The van der Waals surface area contributed by atoms with Crippen LogP contribution in [0.25, 0.3) is 0 Å². The minimum absolute atomic E-state index is 0.752. The van der Waals surface area contributed by atoms with Gasteiger partial charge in [0, 0.05) is 17.3 Å². The Balaban J connectivity index is 1.69. The SMILES string of the molecule is ClCC1CCCC1CNCc1cccs1. The van der Waals surface area contributed by atoms with Crippen molar-refractivity contribution in [3.63, 3.8) is 0 Å². The molecule has 3 heteroatoms. The van der Waals surface area contributed by atoms with Gasteiger partial charge in [-0.2, -0.15) is 0 Å². The van der Waals surface area contributed by atoms with Gasteiger partial charge >= 0.3 is 0 Å². The third-order valence-electron chi connectivity index (χ3n) is 3.30. The zero-order valence-corrected chi connectivity index (χ0v) is 10.5. The van der Waals surface area contributed by atoms with E-state index in [1.807, 2.05) is 11.3 Å². The zero-order chi connectivity index (χ0) is 10.5. The molecule has 0 aliphatic heterocycles. The first-order chi connectivity index (χ1) is 7.40. The van der Waals surface area contributed by atoms with Crippen LogP contribution in [-0.4, -0.2) is 12.4 Å². The molecule has 2 atom stereocenters. The van der Waals surface area contributed by atoms with Crippen molar-refractivity contribution in [2.75, 3.05) is 12.4 Å². The Kier molecular flexibility index (Phi) is 4.48. The summed E-state index contributed by atoms with van der Waals surface area (Å²) in [6.07, 6.45) is 4.05. The average molecular weight is 244 g/mol. The standard InChI is InChI=1S/C12H18ClNS/c13-7-10-3-1-4-11(10)8-14-9-12-5-2-6-15-12/h2,5-6,10-11,14H,1,3-4,7-9H2. The van der Waals surface area contributed by atoms with E-state index in [2.05, 4.69) is 22.8 Å². The molecule has 1 aliphatic rings. The molecule has 0 aromatic carbocycles. The van der Waals surface area contributed by atoms with Gasteiger partial charge in [-0.3, -0.25) is 0 Å². The maximum absolute atomic E-state index is 5.96. The van der Waals surface area contributed by atoms with Crippen LogP contribution in [0.15, 0.2) is 17.5 Å². The highest BCUT2D eigenvalue weighted by Crippen LogP contribution is 2.31. The van der Waals surface area contributed by atoms with Crippen LogP contribution in [0.4, 0.5) is 0 Å². The lowest BCUT2D eigenvalue weighted by molar-refractivity contribution is 0.396. The van der Waals surface area contributed by atoms with Crippen molar-refractivity contribution in [2.45, 2.75) is 25.8 Å². The molecule has 0 amide bonds. The van der Waals surface area contributed by atoms with Crippen LogP contribution in [0.1, 0.15) is 24.1 Å². The molecule has 1 heterocycles. The van der Waals surface area contributed by atoms with Crippen molar-refractivity contribution in [1.29, 1.82) is 0 Å². The zero-order valence-electron chi connectivity index (χ0n) is 8.92. The van der Waals surface area contributed by atoms with Gasteiger partial charge in [-0.1, -0.05) is 12.5 Å². The summed E-state index contributed by atoms with van der Waals surface area (Å²) in [4.78, 5) is 1.43. The van der Waals surface area contributed by atoms with E-state index in [0.717, 1.165) is 30.8 Å². The molecule has 2 rings (SSSR count). The van der Waals surface area contributed by atoms with Crippen LogP contribution in [0, 0.1) is 11.8 Å². The summed E-state index contributed by atoms with van der Waals surface area (Å²) in [6.45, 7) is 2.15. The first kappa shape index (κ1) is 11.4. The quantitative estimate of drug-likeness (QED) is 0.781. The molecule has 1 saturated carbocycles. The van der Waals surface area contributed by atoms with Crippen molar-refractivity contribution in [3.8, 4) is 0 Å². The van der Waals surface area contributed by atoms with E-state index in [0.29, 0.717) is 0 Å². The smallest absolute Gasteiger partial charge is 0.0299 e. The maximum atomic E-state index is 5.96. The van der Waals surface area contributed by atoms with Crippen LogP contribution >= 0.6 is 22.9 Å². The molecule has 1 nitrogen and oxygen atoms in total. The van der Waals surface area contributed by atoms with Gasteiger partial charge in [-0.15, -0.1) is 22.9 Å². The van der Waals surface area contributed by atoms with Gasteiger partial charge in [0.1, 0.15) is 0 Å². The van der Waals surface area contributed by atoms with E-state index in [-0.39, 0.29) is 0 Å². The topological polar surface area (TPSA) is 12.0 Å². The van der Waals surface area contributed by atoms with Gasteiger partial charge in [0.05, 0.1) is 0 Å². The average Bonchev–Trinajstić information content (AvgIpc) is 2.88. The van der Waals surface area contributed by atoms with Crippen molar-refractivity contribution in [3.05, 3.63) is 22.4 Å². The third kappa shape index (κ3) is 3.20. The predicted molar refractivity (Wildman–Crippen MR) is 67.6 cm³/mol. The van der Waals surface area contributed by atoms with E-state index < -0.39 is 0 Å². The van der Waals surface area contributed by atoms with Crippen LogP contribution in [-0.2, 0) is 6.54 Å². The molecule has 84 valence electrons. The van der Waals surface area contributed by atoms with Crippen LogP contribution in [0.3, 0.4) is 0 Å². The summed E-state index contributed by atoms with van der Waals surface area (Å²) in [5.41, 5.74) is 0. The van der Waals surface area contributed by atoms with E-state index in [1.165, 1.54) is 24.1 Å². The van der Waals surface area contributed by atoms with E-state index in [4.69, 9.17) is 11.6 Å². The number of hydrogen-bond acceptors (Lipinski definition) is 2. The van der Waals surface area contributed by atoms with Crippen molar-refractivity contribution in [1.82, 2.24) is 5.32 Å². The molecule has 0 spiro atoms. The molecule has 1 aliphatic carbocycles. The minimum atomic E-state index is 0.752. The number of alkyl halides is 1. The molecular weight excluding hydrogens is 226 g/mol. The van der Waals surface area contributed by atoms with E-state index >= 15 is 0 Å². The molecule has 0 saturated heterocycles. The van der Waals surface area contributed by atoms with Gasteiger partial charge in [-0.25, -0.2) is 0 Å². The van der Waals surface area contributed by atoms with Gasteiger partial charge in [0.15, 0.2) is 0 Å². The lowest BCUT2D eigenvalue weighted by Crippen LogP contribution is -2.25. The largest absolute Gasteiger partial charge is 0.312 e. The maximum Gasteiger partial charge on any atom is 0.0299 e. The summed E-state index contributed by atoms with van der Waals surface area (Å²) in [7, 11) is 0. The number of thiophene rings is 1. The second kappa shape index (κ2) is 5.88. The van der Waals surface area contributed by atoms with Gasteiger partial charge in [0.25, 0.3) is 0 Å². The molecule has 1 aromatic rings. The van der Waals surface area contributed by atoms with Crippen LogP contribution < -0.4 is 5.32 Å². The number of hydrogen-bond donors (Lipinski definition) is 1. The Labute approximate surface area is 101 Å². The highest BCUT2D eigenvalue weighted by Gasteiger charge is 2.25. The van der Waals surface area contributed by atoms with Crippen LogP contribution in [0.2, 0.25) is 0 Å². The second-order valence-corrected chi connectivity index (χ2v) is 5.66. The molecule has 1 N–H and O–H groups in total. The van der Waals surface area contributed by atoms with Gasteiger partial charge in [-0.05, 0) is 42.7 Å².